The van der Waals surface area contributed by atoms with Crippen LogP contribution in [0, 0.1) is 5.82 Å². The number of benzene rings is 1. The summed E-state index contributed by atoms with van der Waals surface area (Å²) in [6, 6.07) is 10.9. The molecule has 5 nitrogen and oxygen atoms in total. The Hall–Kier alpha value is -3.02. The molecule has 1 aromatic carbocycles. The van der Waals surface area contributed by atoms with Crippen LogP contribution < -0.4 is 0 Å². The first-order valence-electron chi connectivity index (χ1n) is 6.15. The molecule has 1 N–H and O–H groups in total. The van der Waals surface area contributed by atoms with Crippen molar-refractivity contribution in [1.82, 2.24) is 14.8 Å². The molecule has 0 aliphatic rings. The van der Waals surface area contributed by atoms with Crippen molar-refractivity contribution >= 4 is 5.97 Å². The molecule has 0 saturated heterocycles. The van der Waals surface area contributed by atoms with Crippen molar-refractivity contribution in [2.24, 2.45) is 0 Å². The van der Waals surface area contributed by atoms with Crippen molar-refractivity contribution in [3.63, 3.8) is 0 Å². The molecule has 6 heteroatoms. The Morgan fingerprint density at radius 1 is 1.19 bits per heavy atom. The summed E-state index contributed by atoms with van der Waals surface area (Å²) in [5, 5.41) is 13.5. The fourth-order valence-corrected chi connectivity index (χ4v) is 1.97. The lowest BCUT2D eigenvalue weighted by Gasteiger charge is -2.00. The molecular weight excluding hydrogens is 273 g/mol. The Labute approximate surface area is 119 Å². The first-order chi connectivity index (χ1) is 10.1. The van der Waals surface area contributed by atoms with Gasteiger partial charge in [-0.3, -0.25) is 4.98 Å². The van der Waals surface area contributed by atoms with E-state index in [0.717, 1.165) is 0 Å². The third-order valence-electron chi connectivity index (χ3n) is 2.92. The van der Waals surface area contributed by atoms with Crippen LogP contribution in [0.3, 0.4) is 0 Å². The van der Waals surface area contributed by atoms with Gasteiger partial charge in [0.25, 0.3) is 0 Å². The van der Waals surface area contributed by atoms with E-state index in [1.807, 2.05) is 0 Å². The standard InChI is InChI=1S/C15H10FN3O2/c16-10-4-3-5-11(8-10)19-9-12(15(20)21)14(18-19)13-6-1-2-7-17-13/h1-9H,(H,20,21). The fraction of sp³-hybridized carbons (Fsp3) is 0. The van der Waals surface area contributed by atoms with E-state index < -0.39 is 11.8 Å². The van der Waals surface area contributed by atoms with Crippen molar-refractivity contribution in [1.29, 1.82) is 0 Å². The molecule has 0 atom stereocenters. The molecule has 0 saturated carbocycles. The molecule has 0 spiro atoms. The quantitative estimate of drug-likeness (QED) is 0.802. The minimum atomic E-state index is -1.11. The second-order valence-electron chi connectivity index (χ2n) is 4.34. The molecule has 3 aromatic rings. The number of hydrogen-bond acceptors (Lipinski definition) is 3. The number of aromatic carboxylic acids is 1. The van der Waals surface area contributed by atoms with Crippen LogP contribution in [0.2, 0.25) is 0 Å². The number of aromatic nitrogens is 3. The van der Waals surface area contributed by atoms with E-state index in [-0.39, 0.29) is 11.3 Å². The topological polar surface area (TPSA) is 68.0 Å². The van der Waals surface area contributed by atoms with Crippen LogP contribution >= 0.6 is 0 Å². The van der Waals surface area contributed by atoms with Gasteiger partial charge in [0.05, 0.1) is 11.4 Å². The van der Waals surface area contributed by atoms with Gasteiger partial charge in [0, 0.05) is 12.4 Å². The highest BCUT2D eigenvalue weighted by atomic mass is 19.1. The van der Waals surface area contributed by atoms with Crippen LogP contribution in [0.5, 0.6) is 0 Å². The number of carbonyl (C=O) groups is 1. The summed E-state index contributed by atoms with van der Waals surface area (Å²) in [7, 11) is 0. The van der Waals surface area contributed by atoms with Crippen LogP contribution in [0.15, 0.2) is 54.9 Å². The predicted octanol–water partition coefficient (Wildman–Crippen LogP) is 2.77. The highest BCUT2D eigenvalue weighted by molar-refractivity contribution is 5.94. The Bertz CT molecular complexity index is 800. The normalized spacial score (nSPS) is 10.5. The zero-order valence-corrected chi connectivity index (χ0v) is 10.8. The monoisotopic (exact) mass is 283 g/mol. The minimum absolute atomic E-state index is 0.0120. The molecule has 3 rings (SSSR count). The van der Waals surface area contributed by atoms with Gasteiger partial charge in [0.2, 0.25) is 0 Å². The first kappa shape index (κ1) is 13.0. The minimum Gasteiger partial charge on any atom is -0.478 e. The van der Waals surface area contributed by atoms with E-state index in [4.69, 9.17) is 0 Å². The molecule has 21 heavy (non-hydrogen) atoms. The molecule has 0 aliphatic heterocycles. The maximum Gasteiger partial charge on any atom is 0.339 e. The first-order valence-corrected chi connectivity index (χ1v) is 6.15. The van der Waals surface area contributed by atoms with Crippen molar-refractivity contribution in [3.05, 3.63) is 66.2 Å². The number of halogens is 1. The van der Waals surface area contributed by atoms with Crippen molar-refractivity contribution in [3.8, 4) is 17.1 Å². The van der Waals surface area contributed by atoms with Gasteiger partial charge in [-0.2, -0.15) is 5.10 Å². The maximum absolute atomic E-state index is 13.3. The summed E-state index contributed by atoms with van der Waals surface area (Å²) < 4.78 is 14.6. The highest BCUT2D eigenvalue weighted by Gasteiger charge is 2.18. The van der Waals surface area contributed by atoms with Crippen LogP contribution in [0.25, 0.3) is 17.1 Å². The average molecular weight is 283 g/mol. The second-order valence-corrected chi connectivity index (χ2v) is 4.34. The largest absolute Gasteiger partial charge is 0.478 e. The summed E-state index contributed by atoms with van der Waals surface area (Å²) in [6.45, 7) is 0. The Kier molecular flexibility index (Phi) is 3.19. The number of hydrogen-bond donors (Lipinski definition) is 1. The summed E-state index contributed by atoms with van der Waals surface area (Å²) in [5.74, 6) is -1.53. The van der Waals surface area contributed by atoms with Gasteiger partial charge in [-0.1, -0.05) is 12.1 Å². The number of nitrogens with zero attached hydrogens (tertiary/aromatic N) is 3. The number of carboxylic acid groups (broad SMARTS) is 1. The molecule has 0 amide bonds. The van der Waals surface area contributed by atoms with Gasteiger partial charge >= 0.3 is 5.97 Å². The third-order valence-corrected chi connectivity index (χ3v) is 2.92. The predicted molar refractivity (Wildman–Crippen MR) is 73.7 cm³/mol. The SMILES string of the molecule is O=C(O)c1cn(-c2cccc(F)c2)nc1-c1ccccn1. The van der Waals surface area contributed by atoms with E-state index >= 15 is 0 Å². The maximum atomic E-state index is 13.3. The zero-order chi connectivity index (χ0) is 14.8. The molecule has 0 unspecified atom stereocenters. The molecule has 0 aliphatic carbocycles. The molecule has 0 fully saturated rings. The van der Waals surface area contributed by atoms with Crippen LogP contribution in [0.4, 0.5) is 4.39 Å². The molecule has 2 heterocycles. The van der Waals surface area contributed by atoms with E-state index in [2.05, 4.69) is 10.1 Å². The van der Waals surface area contributed by atoms with Gasteiger partial charge in [-0.05, 0) is 30.3 Å². The lowest BCUT2D eigenvalue weighted by molar-refractivity contribution is 0.0697. The van der Waals surface area contributed by atoms with Gasteiger partial charge < -0.3 is 5.11 Å². The van der Waals surface area contributed by atoms with Crippen LogP contribution in [0.1, 0.15) is 10.4 Å². The van der Waals surface area contributed by atoms with E-state index in [1.165, 1.54) is 29.1 Å². The van der Waals surface area contributed by atoms with Crippen molar-refractivity contribution in [2.75, 3.05) is 0 Å². The molecule has 0 radical (unpaired) electrons. The average Bonchev–Trinajstić information content (AvgIpc) is 2.93. The smallest absolute Gasteiger partial charge is 0.339 e. The van der Waals surface area contributed by atoms with Crippen LogP contribution in [-0.4, -0.2) is 25.8 Å². The Morgan fingerprint density at radius 2 is 2.05 bits per heavy atom. The Morgan fingerprint density at radius 3 is 2.71 bits per heavy atom. The molecule has 0 bridgehead atoms. The molecular formula is C15H10FN3O2. The summed E-state index contributed by atoms with van der Waals surface area (Å²) in [4.78, 5) is 15.5. The van der Waals surface area contributed by atoms with Gasteiger partial charge in [0.15, 0.2) is 0 Å². The van der Waals surface area contributed by atoms with E-state index in [0.29, 0.717) is 11.4 Å². The van der Waals surface area contributed by atoms with Gasteiger partial charge in [0.1, 0.15) is 17.1 Å². The van der Waals surface area contributed by atoms with E-state index in [1.54, 1.807) is 30.5 Å². The summed E-state index contributed by atoms with van der Waals surface area (Å²) in [6.07, 6.45) is 2.91. The van der Waals surface area contributed by atoms with Crippen molar-refractivity contribution < 1.29 is 14.3 Å². The fourth-order valence-electron chi connectivity index (χ4n) is 1.97. The lowest BCUT2D eigenvalue weighted by atomic mass is 10.2. The van der Waals surface area contributed by atoms with Crippen LogP contribution in [-0.2, 0) is 0 Å². The third kappa shape index (κ3) is 2.51. The number of rotatable bonds is 3. The Balaban J connectivity index is 2.15. The van der Waals surface area contributed by atoms with Gasteiger partial charge in [-0.25, -0.2) is 13.9 Å². The van der Waals surface area contributed by atoms with E-state index in [9.17, 15) is 14.3 Å². The zero-order valence-electron chi connectivity index (χ0n) is 10.8. The van der Waals surface area contributed by atoms with Gasteiger partial charge in [-0.15, -0.1) is 0 Å². The number of carboxylic acids is 1. The molecule has 104 valence electrons. The number of pyridine rings is 1. The summed E-state index contributed by atoms with van der Waals surface area (Å²) in [5.41, 5.74) is 1.15. The highest BCUT2D eigenvalue weighted by Crippen LogP contribution is 2.22. The summed E-state index contributed by atoms with van der Waals surface area (Å²) >= 11 is 0. The lowest BCUT2D eigenvalue weighted by Crippen LogP contribution is -1.97. The second kappa shape index (κ2) is 5.16. The molecule has 2 aromatic heterocycles. The van der Waals surface area contributed by atoms with Crippen molar-refractivity contribution in [2.45, 2.75) is 0 Å².